The van der Waals surface area contributed by atoms with Crippen LogP contribution < -0.4 is 5.73 Å². The molecular formula is C13H19N3S. The lowest BCUT2D eigenvalue weighted by Gasteiger charge is -2.21. The summed E-state index contributed by atoms with van der Waals surface area (Å²) in [5.74, 6) is 0.418. The van der Waals surface area contributed by atoms with Gasteiger partial charge in [-0.25, -0.2) is 4.98 Å². The molecule has 2 aromatic rings. The fourth-order valence-electron chi connectivity index (χ4n) is 1.90. The Hall–Kier alpha value is -1.13. The number of hydrogen-bond donors (Lipinski definition) is 1. The number of aromatic nitrogens is 2. The molecule has 0 aromatic carbocycles. The maximum atomic E-state index is 6.22. The lowest BCUT2D eigenvalue weighted by atomic mass is 10.0. The van der Waals surface area contributed by atoms with E-state index >= 15 is 0 Å². The second kappa shape index (κ2) is 5.02. The van der Waals surface area contributed by atoms with Gasteiger partial charge in [0.05, 0.1) is 18.1 Å². The molecule has 0 aliphatic rings. The molecule has 3 nitrogen and oxygen atoms in total. The van der Waals surface area contributed by atoms with Gasteiger partial charge in [-0.15, -0.1) is 11.3 Å². The van der Waals surface area contributed by atoms with Gasteiger partial charge in [-0.05, 0) is 24.3 Å². The molecule has 2 aromatic heterocycles. The lowest BCUT2D eigenvalue weighted by Crippen LogP contribution is -2.21. The van der Waals surface area contributed by atoms with Crippen LogP contribution >= 0.6 is 11.3 Å². The molecule has 2 rings (SSSR count). The first kappa shape index (κ1) is 12.3. The predicted octanol–water partition coefficient (Wildman–Crippen LogP) is 3.21. The highest BCUT2D eigenvalue weighted by atomic mass is 32.1. The molecule has 0 aliphatic heterocycles. The average molecular weight is 249 g/mol. The van der Waals surface area contributed by atoms with E-state index in [1.165, 1.54) is 4.88 Å². The van der Waals surface area contributed by atoms with E-state index in [9.17, 15) is 0 Å². The van der Waals surface area contributed by atoms with Crippen LogP contribution in [0.4, 0.5) is 0 Å². The molecule has 0 fully saturated rings. The largest absolute Gasteiger partial charge is 0.325 e. The zero-order chi connectivity index (χ0) is 12.4. The van der Waals surface area contributed by atoms with Gasteiger partial charge in [0, 0.05) is 17.1 Å². The Balaban J connectivity index is 2.31. The molecule has 0 saturated heterocycles. The fourth-order valence-corrected chi connectivity index (χ4v) is 2.69. The second-order valence-electron chi connectivity index (χ2n) is 4.69. The number of nitrogens with zero attached hydrogens (tertiary/aromatic N) is 2. The van der Waals surface area contributed by atoms with Crippen molar-refractivity contribution in [2.45, 2.75) is 32.9 Å². The smallest absolute Gasteiger partial charge is 0.0954 e. The van der Waals surface area contributed by atoms with Gasteiger partial charge in [0.15, 0.2) is 0 Å². The van der Waals surface area contributed by atoms with Gasteiger partial charge in [-0.2, -0.15) is 0 Å². The van der Waals surface area contributed by atoms with Gasteiger partial charge < -0.3 is 10.3 Å². The van der Waals surface area contributed by atoms with Gasteiger partial charge >= 0.3 is 0 Å². The van der Waals surface area contributed by atoms with Crippen molar-refractivity contribution in [3.8, 4) is 0 Å². The fraction of sp³-hybridized carbons (Fsp3) is 0.462. The molecule has 0 saturated carbocycles. The number of nitrogens with two attached hydrogens (primary N) is 1. The highest BCUT2D eigenvalue weighted by Crippen LogP contribution is 2.27. The van der Waals surface area contributed by atoms with E-state index in [2.05, 4.69) is 47.8 Å². The maximum absolute atomic E-state index is 6.22. The summed E-state index contributed by atoms with van der Waals surface area (Å²) in [6.45, 7) is 6.46. The van der Waals surface area contributed by atoms with Crippen LogP contribution in [-0.2, 0) is 0 Å². The Morgan fingerprint density at radius 1 is 1.35 bits per heavy atom. The van der Waals surface area contributed by atoms with Crippen LogP contribution in [0, 0.1) is 5.92 Å². The average Bonchev–Trinajstić information content (AvgIpc) is 2.97. The molecule has 0 radical (unpaired) electrons. The lowest BCUT2D eigenvalue weighted by molar-refractivity contribution is 0.469. The summed E-state index contributed by atoms with van der Waals surface area (Å²) in [7, 11) is 0. The monoisotopic (exact) mass is 249 g/mol. The van der Waals surface area contributed by atoms with Crippen LogP contribution in [-0.4, -0.2) is 9.55 Å². The standard InChI is InChI=1S/C13H19N3S/c1-9(2)13(14)11-7-15-8-16(11)10(3)12-5-4-6-17-12/h4-10,13H,14H2,1-3H3. The van der Waals surface area contributed by atoms with Gasteiger partial charge in [0.1, 0.15) is 0 Å². The minimum Gasteiger partial charge on any atom is -0.325 e. The summed E-state index contributed by atoms with van der Waals surface area (Å²) in [6.07, 6.45) is 3.76. The number of hydrogen-bond acceptors (Lipinski definition) is 3. The molecule has 2 unspecified atom stereocenters. The third kappa shape index (κ3) is 2.42. The number of rotatable bonds is 4. The minimum absolute atomic E-state index is 0.0416. The molecule has 2 N–H and O–H groups in total. The van der Waals surface area contributed by atoms with E-state index in [4.69, 9.17) is 5.73 Å². The van der Waals surface area contributed by atoms with Crippen molar-refractivity contribution in [2.75, 3.05) is 0 Å². The van der Waals surface area contributed by atoms with Crippen LogP contribution in [0.5, 0.6) is 0 Å². The first-order valence-electron chi connectivity index (χ1n) is 5.92. The Kier molecular flexibility index (Phi) is 3.64. The van der Waals surface area contributed by atoms with E-state index in [0.717, 1.165) is 5.69 Å². The van der Waals surface area contributed by atoms with E-state index in [-0.39, 0.29) is 6.04 Å². The van der Waals surface area contributed by atoms with Gasteiger partial charge in [-0.3, -0.25) is 0 Å². The highest BCUT2D eigenvalue weighted by molar-refractivity contribution is 7.10. The summed E-state index contributed by atoms with van der Waals surface area (Å²) in [5.41, 5.74) is 7.33. The van der Waals surface area contributed by atoms with Crippen molar-refractivity contribution in [1.29, 1.82) is 0 Å². The maximum Gasteiger partial charge on any atom is 0.0954 e. The van der Waals surface area contributed by atoms with Crippen LogP contribution in [0.3, 0.4) is 0 Å². The van der Waals surface area contributed by atoms with Crippen LogP contribution in [0.25, 0.3) is 0 Å². The second-order valence-corrected chi connectivity index (χ2v) is 5.67. The van der Waals surface area contributed by atoms with Crippen LogP contribution in [0.2, 0.25) is 0 Å². The molecule has 2 atom stereocenters. The molecule has 0 amide bonds. The topological polar surface area (TPSA) is 43.8 Å². The van der Waals surface area contributed by atoms with Crippen molar-refractivity contribution >= 4 is 11.3 Å². The SMILES string of the molecule is CC(C)C(N)c1cncn1C(C)c1cccs1. The van der Waals surface area contributed by atoms with E-state index in [0.29, 0.717) is 12.0 Å². The zero-order valence-corrected chi connectivity index (χ0v) is 11.3. The number of thiophene rings is 1. The Morgan fingerprint density at radius 3 is 2.71 bits per heavy atom. The molecule has 17 heavy (non-hydrogen) atoms. The first-order chi connectivity index (χ1) is 8.11. The van der Waals surface area contributed by atoms with Crippen molar-refractivity contribution in [3.05, 3.63) is 40.6 Å². The third-order valence-corrected chi connectivity index (χ3v) is 4.17. The summed E-state index contributed by atoms with van der Waals surface area (Å²) >= 11 is 1.77. The van der Waals surface area contributed by atoms with E-state index in [1.54, 1.807) is 11.3 Å². The molecule has 4 heteroatoms. The number of imidazole rings is 1. The van der Waals surface area contributed by atoms with Crippen LogP contribution in [0.15, 0.2) is 30.0 Å². The van der Waals surface area contributed by atoms with Crippen molar-refractivity contribution in [1.82, 2.24) is 9.55 Å². The first-order valence-corrected chi connectivity index (χ1v) is 6.80. The van der Waals surface area contributed by atoms with Crippen LogP contribution in [0.1, 0.15) is 43.4 Å². The minimum atomic E-state index is 0.0416. The molecule has 0 spiro atoms. The summed E-state index contributed by atoms with van der Waals surface area (Å²) < 4.78 is 2.18. The highest BCUT2D eigenvalue weighted by Gasteiger charge is 2.19. The van der Waals surface area contributed by atoms with Crippen molar-refractivity contribution in [3.63, 3.8) is 0 Å². The predicted molar refractivity (Wildman–Crippen MR) is 72.1 cm³/mol. The summed E-state index contributed by atoms with van der Waals surface area (Å²) in [4.78, 5) is 5.58. The third-order valence-electron chi connectivity index (χ3n) is 3.13. The Morgan fingerprint density at radius 2 is 2.12 bits per heavy atom. The van der Waals surface area contributed by atoms with Crippen molar-refractivity contribution < 1.29 is 0 Å². The van der Waals surface area contributed by atoms with Gasteiger partial charge in [0.25, 0.3) is 0 Å². The Bertz CT molecular complexity index is 459. The van der Waals surface area contributed by atoms with Crippen molar-refractivity contribution in [2.24, 2.45) is 11.7 Å². The molecule has 0 bridgehead atoms. The van der Waals surface area contributed by atoms with Gasteiger partial charge in [0.2, 0.25) is 0 Å². The van der Waals surface area contributed by atoms with E-state index < -0.39 is 0 Å². The summed E-state index contributed by atoms with van der Waals surface area (Å²) in [6, 6.07) is 4.58. The molecular weight excluding hydrogens is 230 g/mol. The normalized spacial score (nSPS) is 15.1. The molecule has 92 valence electrons. The molecule has 0 aliphatic carbocycles. The Labute approximate surface area is 106 Å². The van der Waals surface area contributed by atoms with Gasteiger partial charge in [-0.1, -0.05) is 19.9 Å². The van der Waals surface area contributed by atoms with E-state index in [1.807, 2.05) is 12.5 Å². The summed E-state index contributed by atoms with van der Waals surface area (Å²) in [5, 5.41) is 2.10. The quantitative estimate of drug-likeness (QED) is 0.904. The molecule has 2 heterocycles. The zero-order valence-electron chi connectivity index (χ0n) is 10.5.